The highest BCUT2D eigenvalue weighted by Gasteiger charge is 2.35. The summed E-state index contributed by atoms with van der Waals surface area (Å²) < 4.78 is 43.8. The van der Waals surface area contributed by atoms with Crippen LogP contribution in [0.15, 0.2) is 72.9 Å². The molecule has 0 spiro atoms. The lowest BCUT2D eigenvalue weighted by molar-refractivity contribution is 0.0678. The van der Waals surface area contributed by atoms with E-state index in [1.54, 1.807) is 11.8 Å². The average molecular weight is 704 g/mol. The van der Waals surface area contributed by atoms with E-state index in [9.17, 15) is 18.4 Å². The van der Waals surface area contributed by atoms with Gasteiger partial charge in [0.15, 0.2) is 6.61 Å². The average Bonchev–Trinajstić information content (AvgIpc) is 3.70. The van der Waals surface area contributed by atoms with E-state index in [1.807, 2.05) is 55.5 Å². The van der Waals surface area contributed by atoms with Gasteiger partial charge >= 0.3 is 6.03 Å². The van der Waals surface area contributed by atoms with Crippen molar-refractivity contribution in [1.82, 2.24) is 30.3 Å². The molecule has 0 bridgehead atoms. The number of pyridine rings is 1. The van der Waals surface area contributed by atoms with E-state index in [0.29, 0.717) is 67.5 Å². The van der Waals surface area contributed by atoms with E-state index in [-0.39, 0.29) is 29.4 Å². The molecule has 3 N–H and O–H groups in total. The zero-order valence-corrected chi connectivity index (χ0v) is 28.7. The Balaban J connectivity index is 1.30. The molecule has 2 aromatic carbocycles. The lowest BCUT2D eigenvalue weighted by Crippen LogP contribution is -2.42. The van der Waals surface area contributed by atoms with E-state index >= 15 is 0 Å². The number of hydrogen-bond donors (Lipinski definition) is 3. The number of ether oxygens (including phenoxy) is 3. The minimum absolute atomic E-state index is 0.00627. The number of likely N-dealkylation sites (tertiary alicyclic amines) is 1. The highest BCUT2D eigenvalue weighted by Crippen LogP contribution is 2.33. The van der Waals surface area contributed by atoms with Crippen LogP contribution in [0.4, 0.5) is 19.4 Å². The summed E-state index contributed by atoms with van der Waals surface area (Å²) in [5, 5.41) is 14.1. The third-order valence-corrected chi connectivity index (χ3v) is 9.18. The summed E-state index contributed by atoms with van der Waals surface area (Å²) in [6.45, 7) is 4.69. The van der Waals surface area contributed by atoms with Crippen molar-refractivity contribution >= 4 is 17.8 Å². The van der Waals surface area contributed by atoms with Crippen molar-refractivity contribution in [2.75, 3.05) is 58.5 Å². The van der Waals surface area contributed by atoms with Crippen LogP contribution >= 0.6 is 0 Å². The molecule has 4 aromatic rings. The Morgan fingerprint density at radius 2 is 1.75 bits per heavy atom. The van der Waals surface area contributed by atoms with Gasteiger partial charge in [0.2, 0.25) is 5.88 Å². The van der Waals surface area contributed by atoms with Crippen molar-refractivity contribution < 1.29 is 32.6 Å². The fourth-order valence-corrected chi connectivity index (χ4v) is 6.56. The summed E-state index contributed by atoms with van der Waals surface area (Å²) in [7, 11) is 1.68. The number of halogens is 2. The van der Waals surface area contributed by atoms with Crippen molar-refractivity contribution in [2.24, 2.45) is 0 Å². The molecule has 14 heteroatoms. The topological polar surface area (TPSA) is 132 Å². The Hall–Kier alpha value is -4.92. The summed E-state index contributed by atoms with van der Waals surface area (Å²) in [5.74, 6) is -0.203. The number of carbonyl (C=O) groups excluding carboxylic acids is 2. The number of benzene rings is 2. The van der Waals surface area contributed by atoms with Crippen LogP contribution in [-0.2, 0) is 9.47 Å². The number of carbonyl (C=O) groups is 2. The van der Waals surface area contributed by atoms with E-state index < -0.39 is 25.0 Å². The van der Waals surface area contributed by atoms with Crippen molar-refractivity contribution in [1.29, 1.82) is 0 Å². The molecule has 0 saturated carbocycles. The number of nitrogens with zero attached hydrogens (tertiary/aromatic N) is 4. The molecule has 2 atom stereocenters. The largest absolute Gasteiger partial charge is 0.471 e. The summed E-state index contributed by atoms with van der Waals surface area (Å²) in [4.78, 5) is 33.9. The quantitative estimate of drug-likeness (QED) is 0.177. The SMILES string of the molecule is COCCN1C[C@@H](NC(=O)Nc2c(C)c(-c3cnc(OCC(F)F)c(C(=O)NC4CCOCC4)c3)nn2-c2ccccc2)[C@H](c2ccccc2)C1. The van der Waals surface area contributed by atoms with Crippen molar-refractivity contribution in [3.8, 4) is 22.8 Å². The maximum atomic E-state index is 13.8. The van der Waals surface area contributed by atoms with Crippen LogP contribution in [0, 0.1) is 6.92 Å². The van der Waals surface area contributed by atoms with Gasteiger partial charge in [-0.05, 0) is 43.5 Å². The zero-order chi connectivity index (χ0) is 35.7. The number of urea groups is 1. The number of anilines is 1. The molecule has 2 aliphatic rings. The smallest absolute Gasteiger partial charge is 0.320 e. The molecule has 0 aliphatic carbocycles. The van der Waals surface area contributed by atoms with Crippen LogP contribution < -0.4 is 20.7 Å². The summed E-state index contributed by atoms with van der Waals surface area (Å²) in [6, 6.07) is 20.3. The van der Waals surface area contributed by atoms with Gasteiger partial charge in [0, 0.05) is 69.2 Å². The van der Waals surface area contributed by atoms with Gasteiger partial charge in [-0.2, -0.15) is 5.10 Å². The van der Waals surface area contributed by atoms with Gasteiger partial charge in [-0.25, -0.2) is 23.2 Å². The first-order chi connectivity index (χ1) is 24.8. The molecule has 0 unspecified atom stereocenters. The molecule has 51 heavy (non-hydrogen) atoms. The fourth-order valence-electron chi connectivity index (χ4n) is 6.56. The van der Waals surface area contributed by atoms with E-state index in [4.69, 9.17) is 19.3 Å². The molecule has 2 aliphatic heterocycles. The fraction of sp³-hybridized carbons (Fsp3) is 0.405. The number of rotatable bonds is 13. The van der Waals surface area contributed by atoms with Gasteiger partial charge in [0.1, 0.15) is 11.4 Å². The lowest BCUT2D eigenvalue weighted by atomic mass is 9.94. The maximum Gasteiger partial charge on any atom is 0.320 e. The van der Waals surface area contributed by atoms with Crippen molar-refractivity contribution in [3.63, 3.8) is 0 Å². The molecule has 3 amide bonds. The first kappa shape index (κ1) is 35.9. The van der Waals surface area contributed by atoms with Crippen LogP contribution in [0.5, 0.6) is 5.88 Å². The number of hydrogen-bond acceptors (Lipinski definition) is 8. The normalized spacial score (nSPS) is 18.1. The van der Waals surface area contributed by atoms with E-state index in [1.165, 1.54) is 12.3 Å². The van der Waals surface area contributed by atoms with Gasteiger partial charge < -0.3 is 24.8 Å². The van der Waals surface area contributed by atoms with Crippen LogP contribution in [0.25, 0.3) is 16.9 Å². The van der Waals surface area contributed by atoms with Gasteiger partial charge in [-0.3, -0.25) is 15.0 Å². The zero-order valence-electron chi connectivity index (χ0n) is 28.7. The first-order valence-electron chi connectivity index (χ1n) is 17.1. The van der Waals surface area contributed by atoms with Crippen LogP contribution in [-0.4, -0.2) is 103 Å². The maximum absolute atomic E-state index is 13.8. The van der Waals surface area contributed by atoms with E-state index in [0.717, 1.165) is 18.7 Å². The van der Waals surface area contributed by atoms with Gasteiger partial charge in [0.05, 0.1) is 24.0 Å². The summed E-state index contributed by atoms with van der Waals surface area (Å²) in [6.07, 6.45) is -0.0656. The molecule has 12 nitrogen and oxygen atoms in total. The predicted molar refractivity (Wildman–Crippen MR) is 188 cm³/mol. The van der Waals surface area contributed by atoms with Crippen LogP contribution in [0.1, 0.15) is 40.2 Å². The molecular weight excluding hydrogens is 660 g/mol. The Bertz CT molecular complexity index is 1770. The van der Waals surface area contributed by atoms with E-state index in [2.05, 4.69) is 38.0 Å². The van der Waals surface area contributed by atoms with Gasteiger partial charge in [-0.1, -0.05) is 48.5 Å². The Labute approximate surface area is 295 Å². The second kappa shape index (κ2) is 16.9. The highest BCUT2D eigenvalue weighted by atomic mass is 19.3. The van der Waals surface area contributed by atoms with Crippen LogP contribution in [0.3, 0.4) is 0 Å². The number of alkyl halides is 2. The monoisotopic (exact) mass is 703 g/mol. The predicted octanol–water partition coefficient (Wildman–Crippen LogP) is 5.03. The standard InChI is InChI=1S/C37H43F2N7O5/c1-24-33(26-19-29(36(40-20-26)51-23-32(38)39)35(47)41-27-13-16-50-17-14-27)44-46(28-11-7-4-8-12-28)34(24)43-37(48)42-31-22-45(15-18-49-2)21-30(31)25-9-5-3-6-10-25/h3-12,19-20,27,30-32H,13-18,21-23H2,1-2H3,(H,41,47)(H2,42,43,48)/t30-,31+/m0/s1. The second-order valence-electron chi connectivity index (χ2n) is 12.7. The minimum Gasteiger partial charge on any atom is -0.471 e. The Morgan fingerprint density at radius 3 is 2.45 bits per heavy atom. The number of nitrogens with one attached hydrogen (secondary N) is 3. The first-order valence-corrected chi connectivity index (χ1v) is 17.1. The molecule has 270 valence electrons. The number of aromatic nitrogens is 3. The third kappa shape index (κ3) is 8.88. The summed E-state index contributed by atoms with van der Waals surface area (Å²) >= 11 is 0. The second-order valence-corrected chi connectivity index (χ2v) is 12.7. The summed E-state index contributed by atoms with van der Waals surface area (Å²) in [5.41, 5.74) is 3.34. The Kier molecular flexibility index (Phi) is 11.9. The number of amides is 3. The molecule has 2 saturated heterocycles. The molecule has 2 fully saturated rings. The molecule has 6 rings (SSSR count). The number of methoxy groups -OCH3 is 1. The number of para-hydroxylation sites is 1. The molecule has 4 heterocycles. The highest BCUT2D eigenvalue weighted by molar-refractivity contribution is 5.98. The lowest BCUT2D eigenvalue weighted by Gasteiger charge is -2.23. The minimum atomic E-state index is -2.75. The van der Waals surface area contributed by atoms with Crippen LogP contribution in [0.2, 0.25) is 0 Å². The van der Waals surface area contributed by atoms with Crippen molar-refractivity contribution in [3.05, 3.63) is 89.6 Å². The molecular formula is C37H43F2N7O5. The Morgan fingerprint density at radius 1 is 1.02 bits per heavy atom. The molecule has 0 radical (unpaired) electrons. The third-order valence-electron chi connectivity index (χ3n) is 9.18. The van der Waals surface area contributed by atoms with Crippen molar-refractivity contribution in [2.45, 2.75) is 44.2 Å². The molecule has 2 aromatic heterocycles. The van der Waals surface area contributed by atoms with Gasteiger partial charge in [0.25, 0.3) is 12.3 Å². The van der Waals surface area contributed by atoms with Gasteiger partial charge in [-0.15, -0.1) is 0 Å².